The maximum absolute atomic E-state index is 10.0. The number of hydrogen-bond donors (Lipinski definition) is 2. The first-order valence-corrected chi connectivity index (χ1v) is 7.43. The van der Waals surface area contributed by atoms with Crippen molar-refractivity contribution in [2.24, 2.45) is 0 Å². The van der Waals surface area contributed by atoms with Crippen molar-refractivity contribution in [2.75, 3.05) is 0 Å². The van der Waals surface area contributed by atoms with Crippen LogP contribution in [0.15, 0.2) is 47.5 Å². The monoisotopic (exact) mass is 317 g/mol. The van der Waals surface area contributed by atoms with Gasteiger partial charge in [0.2, 0.25) is 0 Å². The Bertz CT molecular complexity index is 725. The van der Waals surface area contributed by atoms with Gasteiger partial charge in [0.25, 0.3) is 0 Å². The lowest BCUT2D eigenvalue weighted by molar-refractivity contribution is 0.158. The average molecular weight is 318 g/mol. The fourth-order valence-corrected chi connectivity index (χ4v) is 2.57. The Morgan fingerprint density at radius 2 is 2.00 bits per heavy atom. The van der Waals surface area contributed by atoms with Crippen molar-refractivity contribution in [3.63, 3.8) is 0 Å². The molecule has 3 rings (SSSR count). The number of rotatable bonds is 6. The molecule has 0 radical (unpaired) electrons. The number of aliphatic hydroxyl groups excluding tert-OH is 1. The van der Waals surface area contributed by atoms with Crippen molar-refractivity contribution in [3.8, 4) is 0 Å². The highest BCUT2D eigenvalue weighted by Crippen LogP contribution is 2.24. The molecule has 3 aromatic rings. The molecule has 0 amide bonds. The van der Waals surface area contributed by atoms with Crippen LogP contribution >= 0.6 is 11.6 Å². The minimum Gasteiger partial charge on any atom is -0.472 e. The molecule has 2 aromatic heterocycles. The van der Waals surface area contributed by atoms with Crippen LogP contribution in [0.5, 0.6) is 0 Å². The van der Waals surface area contributed by atoms with Crippen LogP contribution in [0, 0.1) is 0 Å². The first-order valence-electron chi connectivity index (χ1n) is 7.05. The van der Waals surface area contributed by atoms with Gasteiger partial charge in [-0.3, -0.25) is 5.10 Å². The molecule has 6 heteroatoms. The van der Waals surface area contributed by atoms with E-state index in [1.165, 1.54) is 6.33 Å². The number of aromatic amines is 1. The van der Waals surface area contributed by atoms with E-state index in [9.17, 15) is 5.11 Å². The third-order valence-corrected chi connectivity index (χ3v) is 3.96. The van der Waals surface area contributed by atoms with E-state index in [0.29, 0.717) is 25.1 Å². The van der Waals surface area contributed by atoms with Gasteiger partial charge in [-0.25, -0.2) is 4.98 Å². The molecule has 114 valence electrons. The minimum absolute atomic E-state index is 0.413. The smallest absolute Gasteiger partial charge is 0.178 e. The number of aryl methyl sites for hydroxylation is 1. The van der Waals surface area contributed by atoms with E-state index in [4.69, 9.17) is 16.0 Å². The number of benzene rings is 1. The van der Waals surface area contributed by atoms with Gasteiger partial charge in [0.15, 0.2) is 5.82 Å². The third kappa shape index (κ3) is 3.37. The van der Waals surface area contributed by atoms with Crippen molar-refractivity contribution in [1.29, 1.82) is 0 Å². The quantitative estimate of drug-likeness (QED) is 0.731. The van der Waals surface area contributed by atoms with Gasteiger partial charge in [0, 0.05) is 11.4 Å². The summed E-state index contributed by atoms with van der Waals surface area (Å²) in [5, 5.41) is 17.3. The maximum atomic E-state index is 10.0. The van der Waals surface area contributed by atoms with Gasteiger partial charge >= 0.3 is 0 Å². The Balaban J connectivity index is 1.66. The Morgan fingerprint density at radius 3 is 2.77 bits per heavy atom. The number of aliphatic hydroxyl groups is 1. The highest BCUT2D eigenvalue weighted by atomic mass is 35.5. The Hall–Kier alpha value is -2.11. The summed E-state index contributed by atoms with van der Waals surface area (Å²) in [6.45, 7) is 0. The zero-order valence-corrected chi connectivity index (χ0v) is 12.6. The fourth-order valence-electron chi connectivity index (χ4n) is 2.37. The topological polar surface area (TPSA) is 74.9 Å². The number of hydrogen-bond acceptors (Lipinski definition) is 4. The van der Waals surface area contributed by atoms with Crippen molar-refractivity contribution in [2.45, 2.75) is 25.4 Å². The van der Waals surface area contributed by atoms with E-state index in [2.05, 4.69) is 15.2 Å². The molecule has 0 saturated carbocycles. The minimum atomic E-state index is -0.686. The lowest BCUT2D eigenvalue weighted by atomic mass is 10.00. The number of aromatic nitrogens is 3. The summed E-state index contributed by atoms with van der Waals surface area (Å²) in [5.41, 5.74) is 3.20. The first kappa shape index (κ1) is 14.8. The molecule has 1 unspecified atom stereocenters. The third-order valence-electron chi connectivity index (χ3n) is 3.59. The van der Waals surface area contributed by atoms with E-state index in [1.54, 1.807) is 12.5 Å². The van der Waals surface area contributed by atoms with Crippen LogP contribution in [-0.4, -0.2) is 20.3 Å². The molecule has 0 saturated heterocycles. The van der Waals surface area contributed by atoms with Gasteiger partial charge in [-0.05, 0) is 35.6 Å². The zero-order valence-electron chi connectivity index (χ0n) is 11.9. The molecule has 0 aliphatic heterocycles. The molecule has 5 nitrogen and oxygen atoms in total. The van der Waals surface area contributed by atoms with E-state index in [0.717, 1.165) is 21.7 Å². The molecule has 0 spiro atoms. The molecule has 0 aliphatic carbocycles. The van der Waals surface area contributed by atoms with Crippen molar-refractivity contribution in [1.82, 2.24) is 15.2 Å². The molecule has 1 atom stereocenters. The van der Waals surface area contributed by atoms with Crippen molar-refractivity contribution in [3.05, 3.63) is 70.7 Å². The lowest BCUT2D eigenvalue weighted by Crippen LogP contribution is -2.03. The number of halogens is 1. The highest BCUT2D eigenvalue weighted by Gasteiger charge is 2.14. The standard InChI is InChI=1S/C16H16ClN3O2/c17-14-4-2-1-3-11(14)7-13-9-22-8-12(13)5-6-15(21)16-18-10-19-20-16/h1-4,8-10,15,21H,5-7H2,(H,18,19,20). The second-order valence-electron chi connectivity index (χ2n) is 5.10. The summed E-state index contributed by atoms with van der Waals surface area (Å²) < 4.78 is 5.32. The van der Waals surface area contributed by atoms with Gasteiger partial charge in [-0.2, -0.15) is 5.10 Å². The Morgan fingerprint density at radius 1 is 1.18 bits per heavy atom. The van der Waals surface area contributed by atoms with Crippen LogP contribution < -0.4 is 0 Å². The van der Waals surface area contributed by atoms with E-state index in [1.807, 2.05) is 24.3 Å². The second-order valence-corrected chi connectivity index (χ2v) is 5.51. The van der Waals surface area contributed by atoms with Crippen LogP contribution in [0.1, 0.15) is 35.0 Å². The SMILES string of the molecule is OC(CCc1cocc1Cc1ccccc1Cl)c1nc[nH]n1. The number of furan rings is 1. The van der Waals surface area contributed by atoms with Crippen LogP contribution in [0.3, 0.4) is 0 Å². The highest BCUT2D eigenvalue weighted by molar-refractivity contribution is 6.31. The van der Waals surface area contributed by atoms with Crippen LogP contribution in [0.4, 0.5) is 0 Å². The molecule has 22 heavy (non-hydrogen) atoms. The summed E-state index contributed by atoms with van der Waals surface area (Å²) in [5.74, 6) is 0.413. The van der Waals surface area contributed by atoms with Gasteiger partial charge in [-0.1, -0.05) is 29.8 Å². The average Bonchev–Trinajstić information content (AvgIpc) is 3.19. The van der Waals surface area contributed by atoms with Crippen LogP contribution in [0.25, 0.3) is 0 Å². The van der Waals surface area contributed by atoms with Crippen molar-refractivity contribution >= 4 is 11.6 Å². The zero-order chi connectivity index (χ0) is 15.4. The number of nitrogens with zero attached hydrogens (tertiary/aromatic N) is 2. The largest absolute Gasteiger partial charge is 0.472 e. The molecule has 2 heterocycles. The molecule has 2 N–H and O–H groups in total. The summed E-state index contributed by atoms with van der Waals surface area (Å²) in [4.78, 5) is 3.96. The fraction of sp³-hybridized carbons (Fsp3) is 0.250. The predicted octanol–water partition coefficient (Wildman–Crippen LogP) is 3.31. The summed E-state index contributed by atoms with van der Waals surface area (Å²) in [7, 11) is 0. The van der Waals surface area contributed by atoms with E-state index < -0.39 is 6.10 Å². The number of H-pyrrole nitrogens is 1. The lowest BCUT2D eigenvalue weighted by Gasteiger charge is -2.07. The summed E-state index contributed by atoms with van der Waals surface area (Å²) in [6, 6.07) is 7.76. The Kier molecular flexibility index (Phi) is 4.56. The van der Waals surface area contributed by atoms with Gasteiger partial charge in [-0.15, -0.1) is 0 Å². The predicted molar refractivity (Wildman–Crippen MR) is 82.6 cm³/mol. The van der Waals surface area contributed by atoms with Crippen LogP contribution in [0.2, 0.25) is 5.02 Å². The molecule has 1 aromatic carbocycles. The first-order chi connectivity index (χ1) is 10.7. The molecule has 0 aliphatic rings. The van der Waals surface area contributed by atoms with Gasteiger partial charge < -0.3 is 9.52 Å². The second kappa shape index (κ2) is 6.77. The van der Waals surface area contributed by atoms with Gasteiger partial charge in [0.05, 0.1) is 12.5 Å². The molecule has 0 fully saturated rings. The number of nitrogens with one attached hydrogen (secondary N) is 1. The maximum Gasteiger partial charge on any atom is 0.178 e. The van der Waals surface area contributed by atoms with E-state index in [-0.39, 0.29) is 0 Å². The van der Waals surface area contributed by atoms with Gasteiger partial charge in [0.1, 0.15) is 12.4 Å². The summed E-state index contributed by atoms with van der Waals surface area (Å²) in [6.07, 6.45) is 6.16. The normalized spacial score (nSPS) is 12.5. The van der Waals surface area contributed by atoms with Crippen LogP contribution in [-0.2, 0) is 12.8 Å². The molecular weight excluding hydrogens is 302 g/mol. The Labute approximate surface area is 133 Å². The molecule has 0 bridgehead atoms. The van der Waals surface area contributed by atoms with Crippen molar-refractivity contribution < 1.29 is 9.52 Å². The summed E-state index contributed by atoms with van der Waals surface area (Å²) >= 11 is 6.20. The van der Waals surface area contributed by atoms with E-state index >= 15 is 0 Å². The molecular formula is C16H16ClN3O2.